The Bertz CT molecular complexity index is 380. The fourth-order valence-electron chi connectivity index (χ4n) is 3.17. The molecule has 2 rings (SSSR count). The molecule has 0 spiro atoms. The fraction of sp³-hybridized carbons (Fsp3) is 0.625. The van der Waals surface area contributed by atoms with Crippen LogP contribution in [-0.2, 0) is 6.54 Å². The smallest absolute Gasteiger partial charge is 0.115 e. The maximum absolute atomic E-state index is 9.34. The predicted octanol–water partition coefficient (Wildman–Crippen LogP) is 2.88. The van der Waals surface area contributed by atoms with Crippen molar-refractivity contribution >= 4 is 0 Å². The molecule has 3 N–H and O–H groups in total. The van der Waals surface area contributed by atoms with Crippen molar-refractivity contribution in [2.24, 2.45) is 5.73 Å². The van der Waals surface area contributed by atoms with E-state index in [9.17, 15) is 5.11 Å². The maximum Gasteiger partial charge on any atom is 0.115 e. The average Bonchev–Trinajstić information content (AvgIpc) is 2.67. The van der Waals surface area contributed by atoms with Crippen molar-refractivity contribution in [2.75, 3.05) is 13.6 Å². The number of likely N-dealkylation sites (N-methyl/N-ethyl adjacent to an activating group) is 1. The highest BCUT2D eigenvalue weighted by molar-refractivity contribution is 5.26. The highest BCUT2D eigenvalue weighted by Gasteiger charge is 2.33. The zero-order chi connectivity index (χ0) is 13.7. The van der Waals surface area contributed by atoms with Gasteiger partial charge >= 0.3 is 0 Å². The third kappa shape index (κ3) is 3.48. The van der Waals surface area contributed by atoms with E-state index in [1.54, 1.807) is 12.1 Å². The topological polar surface area (TPSA) is 49.5 Å². The number of benzene rings is 1. The molecule has 106 valence electrons. The van der Waals surface area contributed by atoms with Crippen LogP contribution in [0.4, 0.5) is 0 Å². The van der Waals surface area contributed by atoms with Crippen molar-refractivity contribution in [3.05, 3.63) is 29.8 Å². The van der Waals surface area contributed by atoms with Crippen LogP contribution >= 0.6 is 0 Å². The van der Waals surface area contributed by atoms with Crippen molar-refractivity contribution in [2.45, 2.75) is 50.6 Å². The van der Waals surface area contributed by atoms with Crippen molar-refractivity contribution in [3.63, 3.8) is 0 Å². The second kappa shape index (κ2) is 6.40. The van der Waals surface area contributed by atoms with Crippen LogP contribution < -0.4 is 5.73 Å². The molecule has 0 atom stereocenters. The van der Waals surface area contributed by atoms with E-state index in [1.165, 1.54) is 44.1 Å². The standard InChI is InChI=1S/C16H26N2O/c1-18(12-14-6-8-15(19)9-7-14)16(13-17)10-4-2-3-5-11-16/h6-9,19H,2-5,10-13,17H2,1H3. The summed E-state index contributed by atoms with van der Waals surface area (Å²) >= 11 is 0. The Balaban J connectivity index is 2.07. The summed E-state index contributed by atoms with van der Waals surface area (Å²) in [6.45, 7) is 1.64. The van der Waals surface area contributed by atoms with E-state index in [0.717, 1.165) is 13.1 Å². The summed E-state index contributed by atoms with van der Waals surface area (Å²) < 4.78 is 0. The second-order valence-electron chi connectivity index (χ2n) is 5.87. The Labute approximate surface area is 116 Å². The molecule has 19 heavy (non-hydrogen) atoms. The lowest BCUT2D eigenvalue weighted by Gasteiger charge is -2.41. The third-order valence-electron chi connectivity index (χ3n) is 4.58. The molecule has 1 fully saturated rings. The molecule has 3 nitrogen and oxygen atoms in total. The molecule has 3 heteroatoms. The summed E-state index contributed by atoms with van der Waals surface area (Å²) in [5.74, 6) is 0.328. The van der Waals surface area contributed by atoms with Gasteiger partial charge in [0.2, 0.25) is 0 Å². The van der Waals surface area contributed by atoms with Crippen molar-refractivity contribution in [1.29, 1.82) is 0 Å². The third-order valence-corrected chi connectivity index (χ3v) is 4.58. The number of hydrogen-bond acceptors (Lipinski definition) is 3. The number of phenols is 1. The minimum atomic E-state index is 0.161. The molecule has 0 aliphatic heterocycles. The van der Waals surface area contributed by atoms with Gasteiger partial charge in [0.15, 0.2) is 0 Å². The van der Waals surface area contributed by atoms with Crippen LogP contribution in [0.3, 0.4) is 0 Å². The molecule has 0 unspecified atom stereocenters. The molecule has 0 aromatic heterocycles. The second-order valence-corrected chi connectivity index (χ2v) is 5.87. The molecule has 1 aromatic carbocycles. The van der Waals surface area contributed by atoms with Crippen molar-refractivity contribution in [1.82, 2.24) is 4.90 Å². The average molecular weight is 262 g/mol. The van der Waals surface area contributed by atoms with Crippen LogP contribution in [0.25, 0.3) is 0 Å². The summed E-state index contributed by atoms with van der Waals surface area (Å²) in [7, 11) is 2.19. The lowest BCUT2D eigenvalue weighted by atomic mass is 9.88. The molecule has 1 saturated carbocycles. The molecular weight excluding hydrogens is 236 g/mol. The highest BCUT2D eigenvalue weighted by atomic mass is 16.3. The minimum absolute atomic E-state index is 0.161. The number of hydrogen-bond donors (Lipinski definition) is 2. The van der Waals surface area contributed by atoms with Crippen LogP contribution in [0.15, 0.2) is 24.3 Å². The first kappa shape index (κ1) is 14.4. The Kier molecular flexibility index (Phi) is 4.83. The molecule has 1 aliphatic rings. The molecule has 0 saturated heterocycles. The molecule has 1 aliphatic carbocycles. The Morgan fingerprint density at radius 3 is 2.21 bits per heavy atom. The lowest BCUT2D eigenvalue weighted by Crippen LogP contribution is -2.51. The van der Waals surface area contributed by atoms with Crippen LogP contribution in [0, 0.1) is 0 Å². The van der Waals surface area contributed by atoms with E-state index >= 15 is 0 Å². The number of phenolic OH excluding ortho intramolecular Hbond substituents is 1. The monoisotopic (exact) mass is 262 g/mol. The Morgan fingerprint density at radius 2 is 1.68 bits per heavy atom. The van der Waals surface area contributed by atoms with Crippen LogP contribution in [-0.4, -0.2) is 29.1 Å². The summed E-state index contributed by atoms with van der Waals surface area (Å²) in [6, 6.07) is 7.50. The largest absolute Gasteiger partial charge is 0.508 e. The zero-order valence-electron chi connectivity index (χ0n) is 11.9. The van der Waals surface area contributed by atoms with E-state index in [4.69, 9.17) is 5.73 Å². The predicted molar refractivity (Wildman–Crippen MR) is 79.1 cm³/mol. The number of aromatic hydroxyl groups is 1. The quantitative estimate of drug-likeness (QED) is 0.820. The summed E-state index contributed by atoms with van der Waals surface area (Å²) in [4.78, 5) is 2.42. The SMILES string of the molecule is CN(Cc1ccc(O)cc1)C1(CN)CCCCCC1. The molecule has 1 aromatic rings. The van der Waals surface area contributed by atoms with Crippen LogP contribution in [0.1, 0.15) is 44.1 Å². The van der Waals surface area contributed by atoms with Crippen molar-refractivity contribution < 1.29 is 5.11 Å². The molecule has 0 radical (unpaired) electrons. The highest BCUT2D eigenvalue weighted by Crippen LogP contribution is 2.32. The van der Waals surface area contributed by atoms with Gasteiger partial charge in [-0.15, -0.1) is 0 Å². The first-order valence-electron chi connectivity index (χ1n) is 7.35. The van der Waals surface area contributed by atoms with Gasteiger partial charge in [0.05, 0.1) is 0 Å². The number of nitrogens with two attached hydrogens (primary N) is 1. The van der Waals surface area contributed by atoms with Gasteiger partial charge in [-0.25, -0.2) is 0 Å². The summed E-state index contributed by atoms with van der Waals surface area (Å²) in [5, 5.41) is 9.34. The van der Waals surface area contributed by atoms with Crippen molar-refractivity contribution in [3.8, 4) is 5.75 Å². The van der Waals surface area contributed by atoms with Crippen LogP contribution in [0.5, 0.6) is 5.75 Å². The Hall–Kier alpha value is -1.06. The van der Waals surface area contributed by atoms with Gasteiger partial charge in [0.1, 0.15) is 5.75 Å². The van der Waals surface area contributed by atoms with E-state index in [-0.39, 0.29) is 5.54 Å². The molecule has 0 bridgehead atoms. The van der Waals surface area contributed by atoms with Gasteiger partial charge in [-0.1, -0.05) is 37.8 Å². The Morgan fingerprint density at radius 1 is 1.11 bits per heavy atom. The number of rotatable bonds is 4. The molecule has 0 amide bonds. The van der Waals surface area contributed by atoms with Gasteiger partial charge in [-0.05, 0) is 37.6 Å². The summed E-state index contributed by atoms with van der Waals surface area (Å²) in [6.07, 6.45) is 7.67. The van der Waals surface area contributed by atoms with Gasteiger partial charge in [-0.3, -0.25) is 4.90 Å². The van der Waals surface area contributed by atoms with Gasteiger partial charge in [0, 0.05) is 18.6 Å². The fourth-order valence-corrected chi connectivity index (χ4v) is 3.17. The van der Waals surface area contributed by atoms with Gasteiger partial charge in [0.25, 0.3) is 0 Å². The first-order valence-corrected chi connectivity index (χ1v) is 7.35. The van der Waals surface area contributed by atoms with E-state index in [2.05, 4.69) is 11.9 Å². The zero-order valence-corrected chi connectivity index (χ0v) is 11.9. The molecule has 0 heterocycles. The normalized spacial score (nSPS) is 19.3. The molecular formula is C16H26N2O. The van der Waals surface area contributed by atoms with Crippen LogP contribution in [0.2, 0.25) is 0 Å². The van der Waals surface area contributed by atoms with Gasteiger partial charge in [-0.2, -0.15) is 0 Å². The summed E-state index contributed by atoms with van der Waals surface area (Å²) in [5.41, 5.74) is 7.50. The van der Waals surface area contributed by atoms with Gasteiger partial charge < -0.3 is 10.8 Å². The maximum atomic E-state index is 9.34. The van der Waals surface area contributed by atoms with E-state index in [1.807, 2.05) is 12.1 Å². The van der Waals surface area contributed by atoms with E-state index < -0.39 is 0 Å². The first-order chi connectivity index (χ1) is 9.16. The minimum Gasteiger partial charge on any atom is -0.508 e. The number of nitrogens with zero attached hydrogens (tertiary/aromatic N) is 1. The van der Waals surface area contributed by atoms with E-state index in [0.29, 0.717) is 5.75 Å². The lowest BCUT2D eigenvalue weighted by molar-refractivity contribution is 0.0997.